The van der Waals surface area contributed by atoms with Crippen LogP contribution >= 0.6 is 27.5 Å². The molecule has 0 aliphatic rings. The van der Waals surface area contributed by atoms with Crippen molar-refractivity contribution in [3.05, 3.63) is 92.9 Å². The first-order valence-electron chi connectivity index (χ1n) is 8.24. The molecule has 0 radical (unpaired) electrons. The molecule has 2 N–H and O–H groups in total. The Morgan fingerprint density at radius 1 is 1.07 bits per heavy atom. The van der Waals surface area contributed by atoms with Crippen LogP contribution in [-0.4, -0.2) is 11.1 Å². The van der Waals surface area contributed by atoms with Crippen LogP contribution in [0.4, 0.5) is 5.69 Å². The summed E-state index contributed by atoms with van der Waals surface area (Å²) < 4.78 is 6.91. The van der Waals surface area contributed by atoms with Crippen LogP contribution in [0, 0.1) is 0 Å². The molecule has 27 heavy (non-hydrogen) atoms. The highest BCUT2D eigenvalue weighted by molar-refractivity contribution is 9.10. The maximum atomic E-state index is 11.1. The molecule has 0 bridgehead atoms. The molecule has 3 aromatic rings. The first kappa shape index (κ1) is 19.3. The second kappa shape index (κ2) is 8.93. The zero-order valence-corrected chi connectivity index (χ0v) is 16.6. The van der Waals surface area contributed by atoms with E-state index in [0.717, 1.165) is 27.0 Å². The Hall–Kier alpha value is -2.50. The summed E-state index contributed by atoms with van der Waals surface area (Å²) in [5.74, 6) is -0.202. The van der Waals surface area contributed by atoms with E-state index in [2.05, 4.69) is 21.2 Å². The molecule has 0 spiro atoms. The van der Waals surface area contributed by atoms with Crippen molar-refractivity contribution in [3.63, 3.8) is 0 Å². The highest BCUT2D eigenvalue weighted by Gasteiger charge is 2.07. The molecule has 0 saturated carbocycles. The molecule has 138 valence electrons. The summed E-state index contributed by atoms with van der Waals surface area (Å²) in [6.07, 6.45) is 0. The van der Waals surface area contributed by atoms with Gasteiger partial charge in [-0.15, -0.1) is 0 Å². The first-order valence-corrected chi connectivity index (χ1v) is 9.41. The summed E-state index contributed by atoms with van der Waals surface area (Å²) in [6.45, 7) is 0.900. The van der Waals surface area contributed by atoms with E-state index < -0.39 is 5.97 Å². The number of hydrogen-bond donors (Lipinski definition) is 2. The fourth-order valence-electron chi connectivity index (χ4n) is 2.57. The van der Waals surface area contributed by atoms with Crippen LogP contribution in [0.3, 0.4) is 0 Å². The number of ether oxygens (including phenoxy) is 1. The van der Waals surface area contributed by atoms with Gasteiger partial charge in [-0.05, 0) is 54.1 Å². The Balaban J connectivity index is 1.72. The van der Waals surface area contributed by atoms with Gasteiger partial charge >= 0.3 is 5.97 Å². The molecule has 6 heteroatoms. The predicted octanol–water partition coefficient (Wildman–Crippen LogP) is 5.99. The molecule has 0 atom stereocenters. The number of carboxylic acid groups (broad SMARTS) is 1. The molecule has 3 rings (SSSR count). The van der Waals surface area contributed by atoms with Crippen LogP contribution in [0.1, 0.15) is 21.5 Å². The van der Waals surface area contributed by atoms with Crippen molar-refractivity contribution in [1.29, 1.82) is 0 Å². The molecule has 0 fully saturated rings. The quantitative estimate of drug-likeness (QED) is 0.468. The van der Waals surface area contributed by atoms with Crippen molar-refractivity contribution >= 4 is 39.2 Å². The molecular formula is C21H17BrClNO3. The normalized spacial score (nSPS) is 10.4. The van der Waals surface area contributed by atoms with Gasteiger partial charge in [0.15, 0.2) is 0 Å². The van der Waals surface area contributed by atoms with Crippen LogP contribution in [-0.2, 0) is 13.2 Å². The lowest BCUT2D eigenvalue weighted by molar-refractivity contribution is 0.0697. The Labute approximate surface area is 170 Å². The van der Waals surface area contributed by atoms with Gasteiger partial charge in [-0.3, -0.25) is 0 Å². The number of rotatable bonds is 7. The molecule has 0 saturated heterocycles. The van der Waals surface area contributed by atoms with Gasteiger partial charge in [-0.1, -0.05) is 45.7 Å². The molecule has 3 aromatic carbocycles. The molecule has 0 aliphatic heterocycles. The number of carboxylic acids is 1. The summed E-state index contributed by atoms with van der Waals surface area (Å²) >= 11 is 9.50. The van der Waals surface area contributed by atoms with Gasteiger partial charge in [-0.2, -0.15) is 0 Å². The largest absolute Gasteiger partial charge is 0.489 e. The lowest BCUT2D eigenvalue weighted by atomic mass is 10.1. The van der Waals surface area contributed by atoms with Crippen LogP contribution in [0.25, 0.3) is 0 Å². The minimum Gasteiger partial charge on any atom is -0.489 e. The van der Waals surface area contributed by atoms with E-state index in [1.54, 1.807) is 18.2 Å². The topological polar surface area (TPSA) is 58.6 Å². The SMILES string of the molecule is O=C(O)c1cccc(NCc2cc(Br)ccc2OCc2cccc(Cl)c2)c1. The minimum atomic E-state index is -0.952. The Morgan fingerprint density at radius 2 is 1.89 bits per heavy atom. The third-order valence-corrected chi connectivity index (χ3v) is 4.63. The standard InChI is InChI=1S/C21H17BrClNO3/c22-17-7-8-20(27-13-14-3-1-5-18(23)9-14)16(10-17)12-24-19-6-2-4-15(11-19)21(25)26/h1-11,24H,12-13H2,(H,25,26). The highest BCUT2D eigenvalue weighted by Crippen LogP contribution is 2.26. The second-order valence-electron chi connectivity index (χ2n) is 5.91. The third kappa shape index (κ3) is 5.49. The fourth-order valence-corrected chi connectivity index (χ4v) is 3.20. The van der Waals surface area contributed by atoms with Crippen LogP contribution in [0.2, 0.25) is 5.02 Å². The average Bonchev–Trinajstić information content (AvgIpc) is 2.66. The molecule has 0 aliphatic carbocycles. The van der Waals surface area contributed by atoms with Gasteiger partial charge in [0.2, 0.25) is 0 Å². The average molecular weight is 447 g/mol. The minimum absolute atomic E-state index is 0.242. The van der Waals surface area contributed by atoms with Gasteiger partial charge in [0, 0.05) is 27.3 Å². The molecule has 0 unspecified atom stereocenters. The molecule has 0 aromatic heterocycles. The van der Waals surface area contributed by atoms with E-state index in [0.29, 0.717) is 18.2 Å². The van der Waals surface area contributed by atoms with Crippen molar-refractivity contribution in [2.75, 3.05) is 5.32 Å². The van der Waals surface area contributed by atoms with E-state index in [9.17, 15) is 4.79 Å². The number of carbonyl (C=O) groups is 1. The molecule has 4 nitrogen and oxygen atoms in total. The van der Waals surface area contributed by atoms with E-state index >= 15 is 0 Å². The van der Waals surface area contributed by atoms with Crippen LogP contribution in [0.15, 0.2) is 71.2 Å². The maximum absolute atomic E-state index is 11.1. The lowest BCUT2D eigenvalue weighted by Crippen LogP contribution is -2.05. The Kier molecular flexibility index (Phi) is 6.37. The summed E-state index contributed by atoms with van der Waals surface area (Å²) in [5.41, 5.74) is 2.91. The number of aromatic carboxylic acids is 1. The number of nitrogens with one attached hydrogen (secondary N) is 1. The highest BCUT2D eigenvalue weighted by atomic mass is 79.9. The van der Waals surface area contributed by atoms with Crippen molar-refractivity contribution in [3.8, 4) is 5.75 Å². The molecule has 0 amide bonds. The molecule has 0 heterocycles. The summed E-state index contributed by atoms with van der Waals surface area (Å²) in [6, 6.07) is 20.0. The van der Waals surface area contributed by atoms with E-state index in [4.69, 9.17) is 21.4 Å². The zero-order chi connectivity index (χ0) is 19.2. The first-order chi connectivity index (χ1) is 13.0. The van der Waals surface area contributed by atoms with Crippen molar-refractivity contribution < 1.29 is 14.6 Å². The maximum Gasteiger partial charge on any atom is 0.335 e. The molecular weight excluding hydrogens is 430 g/mol. The van der Waals surface area contributed by atoms with Gasteiger partial charge in [0.1, 0.15) is 12.4 Å². The van der Waals surface area contributed by atoms with Crippen molar-refractivity contribution in [1.82, 2.24) is 0 Å². The number of halogens is 2. The van der Waals surface area contributed by atoms with Crippen molar-refractivity contribution in [2.24, 2.45) is 0 Å². The Bertz CT molecular complexity index is 962. The summed E-state index contributed by atoms with van der Waals surface area (Å²) in [5, 5.41) is 13.0. The van der Waals surface area contributed by atoms with Crippen molar-refractivity contribution in [2.45, 2.75) is 13.2 Å². The zero-order valence-electron chi connectivity index (χ0n) is 14.3. The van der Waals surface area contributed by atoms with E-state index in [1.165, 1.54) is 0 Å². The summed E-state index contributed by atoms with van der Waals surface area (Å²) in [7, 11) is 0. The smallest absolute Gasteiger partial charge is 0.335 e. The second-order valence-corrected chi connectivity index (χ2v) is 7.26. The monoisotopic (exact) mass is 445 g/mol. The lowest BCUT2D eigenvalue weighted by Gasteiger charge is -2.14. The fraction of sp³-hybridized carbons (Fsp3) is 0.0952. The van der Waals surface area contributed by atoms with Gasteiger partial charge in [-0.25, -0.2) is 4.79 Å². The van der Waals surface area contributed by atoms with Crippen LogP contribution in [0.5, 0.6) is 5.75 Å². The van der Waals surface area contributed by atoms with E-state index in [-0.39, 0.29) is 5.56 Å². The van der Waals surface area contributed by atoms with Gasteiger partial charge in [0.25, 0.3) is 0 Å². The van der Waals surface area contributed by atoms with E-state index in [1.807, 2.05) is 48.5 Å². The Morgan fingerprint density at radius 3 is 2.67 bits per heavy atom. The van der Waals surface area contributed by atoms with Gasteiger partial charge in [0.05, 0.1) is 5.56 Å². The third-order valence-electron chi connectivity index (χ3n) is 3.90. The van der Waals surface area contributed by atoms with Crippen LogP contribution < -0.4 is 10.1 Å². The van der Waals surface area contributed by atoms with Gasteiger partial charge < -0.3 is 15.2 Å². The number of hydrogen-bond acceptors (Lipinski definition) is 3. The predicted molar refractivity (Wildman–Crippen MR) is 111 cm³/mol. The summed E-state index contributed by atoms with van der Waals surface area (Å²) in [4.78, 5) is 11.1. The number of anilines is 1. The number of benzene rings is 3.